The molecule has 0 atom stereocenters. The highest BCUT2D eigenvalue weighted by atomic mass is 35.5. The first-order valence-electron chi connectivity index (χ1n) is 5.83. The number of amides is 1. The summed E-state index contributed by atoms with van der Waals surface area (Å²) in [5, 5.41) is 0.714. The predicted octanol–water partition coefficient (Wildman–Crippen LogP) is 2.48. The van der Waals surface area contributed by atoms with Crippen LogP contribution in [0.4, 0.5) is 0 Å². The molecular formula is C13H16ClNO2. The third-order valence-corrected chi connectivity index (χ3v) is 3.47. The van der Waals surface area contributed by atoms with E-state index in [-0.39, 0.29) is 6.04 Å². The van der Waals surface area contributed by atoms with Crippen molar-refractivity contribution in [1.82, 2.24) is 4.90 Å². The van der Waals surface area contributed by atoms with Gasteiger partial charge >= 0.3 is 0 Å². The zero-order valence-electron chi connectivity index (χ0n) is 9.64. The van der Waals surface area contributed by atoms with Crippen molar-refractivity contribution in [3.8, 4) is 0 Å². The van der Waals surface area contributed by atoms with Crippen molar-refractivity contribution in [2.24, 2.45) is 0 Å². The van der Waals surface area contributed by atoms with Crippen LogP contribution in [-0.2, 0) is 16.1 Å². The summed E-state index contributed by atoms with van der Waals surface area (Å²) in [7, 11) is 0. The number of carbonyl (C=O) groups is 1. The van der Waals surface area contributed by atoms with E-state index in [0.717, 1.165) is 38.0 Å². The molecule has 1 saturated heterocycles. The molecule has 1 aliphatic heterocycles. The van der Waals surface area contributed by atoms with E-state index in [1.807, 2.05) is 29.2 Å². The zero-order valence-corrected chi connectivity index (χ0v) is 10.4. The maximum absolute atomic E-state index is 11.2. The quantitative estimate of drug-likeness (QED) is 0.772. The maximum atomic E-state index is 11.2. The van der Waals surface area contributed by atoms with Crippen LogP contribution in [0, 0.1) is 0 Å². The van der Waals surface area contributed by atoms with Crippen LogP contribution in [0.25, 0.3) is 0 Å². The number of carbonyl (C=O) groups excluding carboxylic acids is 1. The molecule has 0 aliphatic carbocycles. The van der Waals surface area contributed by atoms with Gasteiger partial charge in [-0.2, -0.15) is 0 Å². The van der Waals surface area contributed by atoms with Crippen LogP contribution in [0.3, 0.4) is 0 Å². The summed E-state index contributed by atoms with van der Waals surface area (Å²) in [5.74, 6) is 0. The topological polar surface area (TPSA) is 29.5 Å². The van der Waals surface area contributed by atoms with E-state index in [9.17, 15) is 4.79 Å². The minimum atomic E-state index is 0.275. The van der Waals surface area contributed by atoms with Gasteiger partial charge in [0.25, 0.3) is 0 Å². The van der Waals surface area contributed by atoms with Crippen LogP contribution >= 0.6 is 11.6 Å². The van der Waals surface area contributed by atoms with Gasteiger partial charge in [0.05, 0.1) is 0 Å². The molecule has 0 N–H and O–H groups in total. The minimum Gasteiger partial charge on any atom is -0.381 e. The monoisotopic (exact) mass is 253 g/mol. The summed E-state index contributed by atoms with van der Waals surface area (Å²) in [6, 6.07) is 7.92. The molecule has 17 heavy (non-hydrogen) atoms. The summed E-state index contributed by atoms with van der Waals surface area (Å²) >= 11 is 6.10. The van der Waals surface area contributed by atoms with E-state index in [1.54, 1.807) is 0 Å². The van der Waals surface area contributed by atoms with Gasteiger partial charge in [0.15, 0.2) is 0 Å². The van der Waals surface area contributed by atoms with Crippen molar-refractivity contribution in [2.45, 2.75) is 25.4 Å². The minimum absolute atomic E-state index is 0.275. The van der Waals surface area contributed by atoms with E-state index in [1.165, 1.54) is 0 Å². The number of hydrogen-bond acceptors (Lipinski definition) is 2. The van der Waals surface area contributed by atoms with Gasteiger partial charge in [0.1, 0.15) is 0 Å². The van der Waals surface area contributed by atoms with Gasteiger partial charge in [-0.1, -0.05) is 29.8 Å². The molecule has 1 aliphatic rings. The van der Waals surface area contributed by atoms with Crippen molar-refractivity contribution >= 4 is 18.0 Å². The maximum Gasteiger partial charge on any atom is 0.210 e. The Morgan fingerprint density at radius 3 is 2.71 bits per heavy atom. The Hall–Kier alpha value is -1.06. The van der Waals surface area contributed by atoms with Crippen LogP contribution in [0.1, 0.15) is 18.4 Å². The number of rotatable bonds is 4. The molecule has 0 bridgehead atoms. The molecule has 1 heterocycles. The predicted molar refractivity (Wildman–Crippen MR) is 66.9 cm³/mol. The molecule has 4 heteroatoms. The standard InChI is InChI=1S/C13H16ClNO2/c14-13-4-2-1-3-11(13)9-15(10-16)12-5-7-17-8-6-12/h1-4,10,12H,5-9H2. The van der Waals surface area contributed by atoms with Gasteiger partial charge < -0.3 is 9.64 Å². The van der Waals surface area contributed by atoms with E-state index in [0.29, 0.717) is 11.6 Å². The highest BCUT2D eigenvalue weighted by Crippen LogP contribution is 2.20. The fourth-order valence-corrected chi connectivity index (χ4v) is 2.29. The molecule has 0 aromatic heterocycles. The molecule has 92 valence electrons. The van der Waals surface area contributed by atoms with E-state index < -0.39 is 0 Å². The lowest BCUT2D eigenvalue weighted by atomic mass is 10.1. The SMILES string of the molecule is O=CN(Cc1ccccc1Cl)C1CCOCC1. The fourth-order valence-electron chi connectivity index (χ4n) is 2.09. The molecule has 2 rings (SSSR count). The van der Waals surface area contributed by atoms with Gasteiger partial charge in [0, 0.05) is 30.8 Å². The van der Waals surface area contributed by atoms with Crippen molar-refractivity contribution in [1.29, 1.82) is 0 Å². The van der Waals surface area contributed by atoms with Crippen LogP contribution < -0.4 is 0 Å². The van der Waals surface area contributed by atoms with Gasteiger partial charge in [0.2, 0.25) is 6.41 Å². The van der Waals surface area contributed by atoms with Crippen molar-refractivity contribution in [2.75, 3.05) is 13.2 Å². The van der Waals surface area contributed by atoms with Crippen LogP contribution in [0.2, 0.25) is 5.02 Å². The van der Waals surface area contributed by atoms with Gasteiger partial charge in [-0.25, -0.2) is 0 Å². The molecule has 1 fully saturated rings. The first kappa shape index (κ1) is 12.4. The Morgan fingerprint density at radius 1 is 1.35 bits per heavy atom. The highest BCUT2D eigenvalue weighted by molar-refractivity contribution is 6.31. The first-order valence-corrected chi connectivity index (χ1v) is 6.21. The second-order valence-corrected chi connectivity index (χ2v) is 4.62. The van der Waals surface area contributed by atoms with Crippen molar-refractivity contribution < 1.29 is 9.53 Å². The van der Waals surface area contributed by atoms with Crippen molar-refractivity contribution in [3.05, 3.63) is 34.9 Å². The molecular weight excluding hydrogens is 238 g/mol. The number of hydrogen-bond donors (Lipinski definition) is 0. The van der Waals surface area contributed by atoms with Crippen LogP contribution in [0.5, 0.6) is 0 Å². The molecule has 0 spiro atoms. The molecule has 1 aromatic carbocycles. The number of halogens is 1. The van der Waals surface area contributed by atoms with E-state index in [2.05, 4.69) is 0 Å². The number of benzene rings is 1. The highest BCUT2D eigenvalue weighted by Gasteiger charge is 2.20. The summed E-state index contributed by atoms with van der Waals surface area (Å²) in [4.78, 5) is 13.0. The third-order valence-electron chi connectivity index (χ3n) is 3.11. The second-order valence-electron chi connectivity index (χ2n) is 4.21. The lowest BCUT2D eigenvalue weighted by molar-refractivity contribution is -0.122. The van der Waals surface area contributed by atoms with E-state index in [4.69, 9.17) is 16.3 Å². The molecule has 1 amide bonds. The Balaban J connectivity index is 2.04. The Morgan fingerprint density at radius 2 is 2.06 bits per heavy atom. The second kappa shape index (κ2) is 6.03. The third kappa shape index (κ3) is 3.20. The Kier molecular flexibility index (Phi) is 4.40. The Labute approximate surface area is 106 Å². The molecule has 0 radical (unpaired) electrons. The first-order chi connectivity index (χ1) is 8.31. The van der Waals surface area contributed by atoms with E-state index >= 15 is 0 Å². The molecule has 0 unspecified atom stereocenters. The van der Waals surface area contributed by atoms with Gasteiger partial charge in [-0.3, -0.25) is 4.79 Å². The number of ether oxygens (including phenoxy) is 1. The average Bonchev–Trinajstić information content (AvgIpc) is 2.39. The lowest BCUT2D eigenvalue weighted by Crippen LogP contribution is -2.38. The normalized spacial score (nSPS) is 16.8. The molecule has 1 aromatic rings. The zero-order chi connectivity index (χ0) is 12.1. The summed E-state index contributed by atoms with van der Waals surface area (Å²) < 4.78 is 5.30. The lowest BCUT2D eigenvalue weighted by Gasteiger charge is -2.31. The fraction of sp³-hybridized carbons (Fsp3) is 0.462. The summed E-state index contributed by atoms with van der Waals surface area (Å²) in [6.07, 6.45) is 2.73. The average molecular weight is 254 g/mol. The molecule has 0 saturated carbocycles. The van der Waals surface area contributed by atoms with Crippen molar-refractivity contribution in [3.63, 3.8) is 0 Å². The molecule has 3 nitrogen and oxygen atoms in total. The largest absolute Gasteiger partial charge is 0.381 e. The van der Waals surface area contributed by atoms with Crippen LogP contribution in [-0.4, -0.2) is 30.6 Å². The summed E-state index contributed by atoms with van der Waals surface area (Å²) in [6.45, 7) is 2.04. The Bertz CT molecular complexity index is 377. The summed E-state index contributed by atoms with van der Waals surface area (Å²) in [5.41, 5.74) is 0.993. The van der Waals surface area contributed by atoms with Crippen LogP contribution in [0.15, 0.2) is 24.3 Å². The number of nitrogens with zero attached hydrogens (tertiary/aromatic N) is 1. The van der Waals surface area contributed by atoms with Gasteiger partial charge in [-0.15, -0.1) is 0 Å². The van der Waals surface area contributed by atoms with Gasteiger partial charge in [-0.05, 0) is 24.5 Å². The smallest absolute Gasteiger partial charge is 0.210 e.